The number of fused-ring (bicyclic) bond motifs is 1. The monoisotopic (exact) mass is 306 g/mol. The second kappa shape index (κ2) is 5.96. The Labute approximate surface area is 115 Å². The number of halogens is 1. The van der Waals surface area contributed by atoms with Gasteiger partial charge in [-0.05, 0) is 18.1 Å². The predicted octanol–water partition coefficient (Wildman–Crippen LogP) is 3.00. The molecule has 0 aliphatic heterocycles. The first-order valence-corrected chi connectivity index (χ1v) is 7.03. The zero-order valence-electron chi connectivity index (χ0n) is 10.2. The summed E-state index contributed by atoms with van der Waals surface area (Å²) in [7, 11) is 0. The van der Waals surface area contributed by atoms with Crippen LogP contribution in [0.5, 0.6) is 0 Å². The molecule has 18 heavy (non-hydrogen) atoms. The summed E-state index contributed by atoms with van der Waals surface area (Å²) < 4.78 is 0. The molecule has 0 saturated carbocycles. The Morgan fingerprint density at radius 2 is 2.11 bits per heavy atom. The minimum absolute atomic E-state index is 0.117. The maximum absolute atomic E-state index is 11.9. The topological polar surface area (TPSA) is 42.0 Å². The van der Waals surface area contributed by atoms with E-state index in [1.165, 1.54) is 0 Å². The van der Waals surface area contributed by atoms with Crippen LogP contribution in [0.15, 0.2) is 36.4 Å². The summed E-state index contributed by atoms with van der Waals surface area (Å²) in [6.07, 6.45) is 0. The van der Waals surface area contributed by atoms with Crippen LogP contribution in [0.2, 0.25) is 0 Å². The Hall–Kier alpha value is -1.42. The first kappa shape index (κ1) is 13.0. The van der Waals surface area contributed by atoms with Crippen molar-refractivity contribution < 1.29 is 4.79 Å². The van der Waals surface area contributed by atoms with E-state index in [1.54, 1.807) is 6.07 Å². The number of para-hydroxylation sites is 1. The molecule has 1 N–H and O–H groups in total. The van der Waals surface area contributed by atoms with E-state index in [0.29, 0.717) is 18.2 Å². The molecule has 2 rings (SSSR count). The molecule has 0 radical (unpaired) electrons. The summed E-state index contributed by atoms with van der Waals surface area (Å²) in [5, 5.41) is 4.80. The van der Waals surface area contributed by atoms with Gasteiger partial charge in [0.25, 0.3) is 5.91 Å². The third-order valence-electron chi connectivity index (χ3n) is 2.71. The largest absolute Gasteiger partial charge is 0.350 e. The van der Waals surface area contributed by atoms with Gasteiger partial charge >= 0.3 is 0 Å². The molecule has 1 aromatic carbocycles. The molecule has 94 valence electrons. The summed E-state index contributed by atoms with van der Waals surface area (Å²) in [5.74, 6) is 0.294. The van der Waals surface area contributed by atoms with Crippen molar-refractivity contribution in [1.82, 2.24) is 10.3 Å². The van der Waals surface area contributed by atoms with Crippen LogP contribution in [0.3, 0.4) is 0 Å². The molecule has 0 fully saturated rings. The maximum atomic E-state index is 11.9. The molecule has 1 aromatic heterocycles. The van der Waals surface area contributed by atoms with Crippen molar-refractivity contribution in [2.24, 2.45) is 5.92 Å². The SMILES string of the molecule is CC(CBr)CNC(=O)c1ccc2ccccc2n1. The molecule has 0 saturated heterocycles. The minimum Gasteiger partial charge on any atom is -0.350 e. The van der Waals surface area contributed by atoms with E-state index in [-0.39, 0.29) is 5.91 Å². The van der Waals surface area contributed by atoms with Gasteiger partial charge in [0.15, 0.2) is 0 Å². The minimum atomic E-state index is -0.117. The van der Waals surface area contributed by atoms with E-state index in [4.69, 9.17) is 0 Å². The molecule has 1 unspecified atom stereocenters. The van der Waals surface area contributed by atoms with Crippen molar-refractivity contribution in [3.8, 4) is 0 Å². The first-order chi connectivity index (χ1) is 8.70. The Morgan fingerprint density at radius 3 is 2.89 bits per heavy atom. The van der Waals surface area contributed by atoms with Crippen molar-refractivity contribution >= 4 is 32.7 Å². The zero-order chi connectivity index (χ0) is 13.0. The van der Waals surface area contributed by atoms with Crippen LogP contribution >= 0.6 is 15.9 Å². The molecule has 1 atom stereocenters. The van der Waals surface area contributed by atoms with Crippen molar-refractivity contribution in [2.45, 2.75) is 6.92 Å². The molecule has 0 aliphatic rings. The van der Waals surface area contributed by atoms with Crippen molar-refractivity contribution in [1.29, 1.82) is 0 Å². The van der Waals surface area contributed by atoms with Gasteiger partial charge < -0.3 is 5.32 Å². The average molecular weight is 307 g/mol. The van der Waals surface area contributed by atoms with Gasteiger partial charge in [0, 0.05) is 17.3 Å². The van der Waals surface area contributed by atoms with Gasteiger partial charge in [-0.15, -0.1) is 0 Å². The fourth-order valence-electron chi connectivity index (χ4n) is 1.60. The summed E-state index contributed by atoms with van der Waals surface area (Å²) >= 11 is 3.39. The predicted molar refractivity (Wildman–Crippen MR) is 77.0 cm³/mol. The molecule has 4 heteroatoms. The number of benzene rings is 1. The number of carbonyl (C=O) groups is 1. The molecule has 1 heterocycles. The van der Waals surface area contributed by atoms with Crippen LogP contribution in [0.25, 0.3) is 10.9 Å². The van der Waals surface area contributed by atoms with E-state index in [9.17, 15) is 4.79 Å². The van der Waals surface area contributed by atoms with Crippen LogP contribution in [0.4, 0.5) is 0 Å². The van der Waals surface area contributed by atoms with Gasteiger partial charge in [0.1, 0.15) is 5.69 Å². The highest BCUT2D eigenvalue weighted by Gasteiger charge is 2.09. The molecular formula is C14H15BrN2O. The summed E-state index contributed by atoms with van der Waals surface area (Å²) in [5.41, 5.74) is 1.31. The van der Waals surface area contributed by atoms with Crippen LogP contribution in [0, 0.1) is 5.92 Å². The summed E-state index contributed by atoms with van der Waals surface area (Å²) in [4.78, 5) is 16.3. The maximum Gasteiger partial charge on any atom is 0.269 e. The number of hydrogen-bond acceptors (Lipinski definition) is 2. The van der Waals surface area contributed by atoms with E-state index in [2.05, 4.69) is 33.2 Å². The molecule has 0 aliphatic carbocycles. The number of amides is 1. The van der Waals surface area contributed by atoms with Gasteiger partial charge in [0.05, 0.1) is 5.52 Å². The highest BCUT2D eigenvalue weighted by molar-refractivity contribution is 9.09. The number of hydrogen-bond donors (Lipinski definition) is 1. The number of nitrogens with zero attached hydrogens (tertiary/aromatic N) is 1. The molecule has 2 aromatic rings. The number of aromatic nitrogens is 1. The zero-order valence-corrected chi connectivity index (χ0v) is 11.8. The van der Waals surface area contributed by atoms with Gasteiger partial charge in [-0.1, -0.05) is 47.1 Å². The fourth-order valence-corrected chi connectivity index (χ4v) is 1.83. The van der Waals surface area contributed by atoms with Gasteiger partial charge in [0.2, 0.25) is 0 Å². The molecular weight excluding hydrogens is 292 g/mol. The number of nitrogens with one attached hydrogen (secondary N) is 1. The lowest BCUT2D eigenvalue weighted by Gasteiger charge is -2.09. The lowest BCUT2D eigenvalue weighted by Crippen LogP contribution is -2.29. The number of alkyl halides is 1. The average Bonchev–Trinajstić information content (AvgIpc) is 2.43. The second-order valence-corrected chi connectivity index (χ2v) is 5.01. The van der Waals surface area contributed by atoms with E-state index in [1.807, 2.05) is 30.3 Å². The summed E-state index contributed by atoms with van der Waals surface area (Å²) in [6.45, 7) is 2.72. The Bertz CT molecular complexity index is 556. The Morgan fingerprint density at radius 1 is 1.33 bits per heavy atom. The highest BCUT2D eigenvalue weighted by atomic mass is 79.9. The highest BCUT2D eigenvalue weighted by Crippen LogP contribution is 2.11. The van der Waals surface area contributed by atoms with Crippen LogP contribution in [-0.4, -0.2) is 22.8 Å². The number of carbonyl (C=O) groups excluding carboxylic acids is 1. The van der Waals surface area contributed by atoms with Crippen molar-refractivity contribution in [3.05, 3.63) is 42.1 Å². The van der Waals surface area contributed by atoms with Crippen LogP contribution < -0.4 is 5.32 Å². The third-order valence-corrected chi connectivity index (χ3v) is 3.81. The molecule has 1 amide bonds. The Balaban J connectivity index is 2.13. The standard InChI is InChI=1S/C14H15BrN2O/c1-10(8-15)9-16-14(18)13-7-6-11-4-2-3-5-12(11)17-13/h2-7,10H,8-9H2,1H3,(H,16,18). The van der Waals surface area contributed by atoms with Crippen molar-refractivity contribution in [2.75, 3.05) is 11.9 Å². The normalized spacial score (nSPS) is 12.3. The molecule has 0 bridgehead atoms. The molecule has 0 spiro atoms. The van der Waals surface area contributed by atoms with E-state index < -0.39 is 0 Å². The quantitative estimate of drug-likeness (QED) is 0.882. The smallest absolute Gasteiger partial charge is 0.269 e. The lowest BCUT2D eigenvalue weighted by molar-refractivity contribution is 0.0944. The number of rotatable bonds is 4. The van der Waals surface area contributed by atoms with Gasteiger partial charge in [-0.3, -0.25) is 4.79 Å². The first-order valence-electron chi connectivity index (χ1n) is 5.90. The Kier molecular flexibility index (Phi) is 4.31. The van der Waals surface area contributed by atoms with Crippen molar-refractivity contribution in [3.63, 3.8) is 0 Å². The fraction of sp³-hybridized carbons (Fsp3) is 0.286. The third kappa shape index (κ3) is 3.07. The lowest BCUT2D eigenvalue weighted by atomic mass is 10.2. The molecule has 3 nitrogen and oxygen atoms in total. The summed E-state index contributed by atoms with van der Waals surface area (Å²) in [6, 6.07) is 11.5. The van der Waals surface area contributed by atoms with Crippen LogP contribution in [0.1, 0.15) is 17.4 Å². The number of pyridine rings is 1. The van der Waals surface area contributed by atoms with Crippen LogP contribution in [-0.2, 0) is 0 Å². The van der Waals surface area contributed by atoms with E-state index in [0.717, 1.165) is 16.2 Å². The van der Waals surface area contributed by atoms with Gasteiger partial charge in [-0.25, -0.2) is 4.98 Å². The van der Waals surface area contributed by atoms with Gasteiger partial charge in [-0.2, -0.15) is 0 Å². The second-order valence-electron chi connectivity index (χ2n) is 4.36. The van der Waals surface area contributed by atoms with E-state index >= 15 is 0 Å².